The van der Waals surface area contributed by atoms with E-state index in [1.807, 2.05) is 49.4 Å². The van der Waals surface area contributed by atoms with Gasteiger partial charge in [0.05, 0.1) is 5.52 Å². The van der Waals surface area contributed by atoms with Crippen LogP contribution in [0, 0.1) is 6.92 Å². The monoisotopic (exact) mass is 319 g/mol. The smallest absolute Gasteiger partial charge is 0.229 e. The van der Waals surface area contributed by atoms with E-state index in [0.717, 1.165) is 22.2 Å². The van der Waals surface area contributed by atoms with Crippen molar-refractivity contribution in [2.45, 2.75) is 6.92 Å². The normalized spacial score (nSPS) is 10.2. The van der Waals surface area contributed by atoms with Gasteiger partial charge in [-0.2, -0.15) is 4.98 Å². The van der Waals surface area contributed by atoms with Gasteiger partial charge in [-0.15, -0.1) is 0 Å². The molecule has 0 aliphatic carbocycles. The number of nitrogens with zero attached hydrogens (tertiary/aromatic N) is 2. The lowest BCUT2D eigenvalue weighted by molar-refractivity contribution is -0.00000415. The van der Waals surface area contributed by atoms with Crippen LogP contribution in [0.15, 0.2) is 42.5 Å². The standard InChI is InChI=1S/C15H13ClN4.ClH/c1-9-6-7-10(8-12(9)16)18-15-19-13-5-3-2-4-11(13)14(17)20-15;/h2-8H,1H3,(H3,17,18,19,20);1H/p-1. The van der Waals surface area contributed by atoms with Gasteiger partial charge in [0.25, 0.3) is 0 Å². The van der Waals surface area contributed by atoms with Gasteiger partial charge < -0.3 is 23.5 Å². The van der Waals surface area contributed by atoms with Gasteiger partial charge in [-0.05, 0) is 36.8 Å². The predicted octanol–water partition coefficient (Wildman–Crippen LogP) is 0.921. The second-order valence-corrected chi connectivity index (χ2v) is 4.95. The molecule has 0 spiro atoms. The molecule has 0 radical (unpaired) electrons. The molecule has 0 aliphatic rings. The van der Waals surface area contributed by atoms with Gasteiger partial charge in [-0.3, -0.25) is 0 Å². The number of anilines is 3. The maximum atomic E-state index is 6.10. The first kappa shape index (κ1) is 15.4. The zero-order valence-corrected chi connectivity index (χ0v) is 12.8. The zero-order chi connectivity index (χ0) is 14.1. The molecule has 3 aromatic rings. The van der Waals surface area contributed by atoms with Gasteiger partial charge in [-0.25, -0.2) is 4.98 Å². The summed E-state index contributed by atoms with van der Waals surface area (Å²) in [6, 6.07) is 13.3. The summed E-state index contributed by atoms with van der Waals surface area (Å²) in [5, 5.41) is 4.66. The SMILES string of the molecule is Cc1ccc(Nc2nc(N)c3ccccc3n2)cc1Cl.[Cl-]. The number of aryl methyl sites for hydroxylation is 1. The molecule has 3 rings (SSSR count). The third-order valence-electron chi connectivity index (χ3n) is 3.06. The molecule has 21 heavy (non-hydrogen) atoms. The largest absolute Gasteiger partial charge is 1.00 e. The van der Waals surface area contributed by atoms with Crippen LogP contribution in [0.5, 0.6) is 0 Å². The van der Waals surface area contributed by atoms with E-state index in [-0.39, 0.29) is 12.4 Å². The topological polar surface area (TPSA) is 63.8 Å². The van der Waals surface area contributed by atoms with E-state index in [1.54, 1.807) is 0 Å². The first-order valence-electron chi connectivity index (χ1n) is 6.19. The fourth-order valence-corrected chi connectivity index (χ4v) is 2.14. The van der Waals surface area contributed by atoms with Crippen molar-refractivity contribution in [2.24, 2.45) is 0 Å². The molecule has 6 heteroatoms. The average Bonchev–Trinajstić information content (AvgIpc) is 2.43. The maximum absolute atomic E-state index is 6.10. The number of rotatable bonds is 2. The lowest BCUT2D eigenvalue weighted by Gasteiger charge is -2.08. The molecule has 3 N–H and O–H groups in total. The third kappa shape index (κ3) is 3.17. The Kier molecular flexibility index (Phi) is 4.50. The summed E-state index contributed by atoms with van der Waals surface area (Å²) in [5.74, 6) is 0.914. The maximum Gasteiger partial charge on any atom is 0.229 e. The molecule has 0 bridgehead atoms. The van der Waals surface area contributed by atoms with Gasteiger partial charge in [0.2, 0.25) is 5.95 Å². The first-order chi connectivity index (χ1) is 9.63. The number of nitrogens with two attached hydrogens (primary N) is 1. The minimum atomic E-state index is 0. The minimum absolute atomic E-state index is 0. The number of hydrogen-bond donors (Lipinski definition) is 2. The van der Waals surface area contributed by atoms with E-state index in [4.69, 9.17) is 17.3 Å². The highest BCUT2D eigenvalue weighted by atomic mass is 35.5. The molecule has 108 valence electrons. The lowest BCUT2D eigenvalue weighted by atomic mass is 10.2. The van der Waals surface area contributed by atoms with E-state index in [2.05, 4.69) is 15.3 Å². The molecule has 0 fully saturated rings. The highest BCUT2D eigenvalue weighted by molar-refractivity contribution is 6.31. The highest BCUT2D eigenvalue weighted by Crippen LogP contribution is 2.24. The van der Waals surface area contributed by atoms with Gasteiger partial charge in [0.15, 0.2) is 0 Å². The van der Waals surface area contributed by atoms with Crippen LogP contribution in [0.3, 0.4) is 0 Å². The summed E-state index contributed by atoms with van der Waals surface area (Å²) in [6.45, 7) is 1.95. The van der Waals surface area contributed by atoms with E-state index < -0.39 is 0 Å². The number of benzene rings is 2. The van der Waals surface area contributed by atoms with Crippen molar-refractivity contribution in [3.8, 4) is 0 Å². The molecule has 0 saturated carbocycles. The summed E-state index contributed by atoms with van der Waals surface area (Å²) in [6.07, 6.45) is 0. The van der Waals surface area contributed by atoms with Gasteiger partial charge in [0, 0.05) is 16.1 Å². The van der Waals surface area contributed by atoms with Crippen molar-refractivity contribution in [2.75, 3.05) is 11.1 Å². The molecule has 1 aromatic heterocycles. The molecule has 2 aromatic carbocycles. The highest BCUT2D eigenvalue weighted by Gasteiger charge is 2.05. The van der Waals surface area contributed by atoms with Crippen LogP contribution in [-0.4, -0.2) is 9.97 Å². The summed E-state index contributed by atoms with van der Waals surface area (Å²) in [5.41, 5.74) is 8.61. The fourth-order valence-electron chi connectivity index (χ4n) is 1.96. The van der Waals surface area contributed by atoms with Crippen molar-refractivity contribution in [3.05, 3.63) is 53.1 Å². The number of nitrogen functional groups attached to an aromatic ring is 1. The summed E-state index contributed by atoms with van der Waals surface area (Å²) in [4.78, 5) is 8.70. The van der Waals surface area contributed by atoms with E-state index in [0.29, 0.717) is 16.8 Å². The summed E-state index contributed by atoms with van der Waals surface area (Å²) >= 11 is 6.10. The van der Waals surface area contributed by atoms with Crippen LogP contribution in [0.2, 0.25) is 5.02 Å². The Morgan fingerprint density at radius 1 is 1.10 bits per heavy atom. The number of fused-ring (bicyclic) bond motifs is 1. The Bertz CT molecular complexity index is 790. The number of para-hydroxylation sites is 1. The second-order valence-electron chi connectivity index (χ2n) is 4.54. The average molecular weight is 320 g/mol. The number of halogens is 2. The van der Waals surface area contributed by atoms with E-state index >= 15 is 0 Å². The zero-order valence-electron chi connectivity index (χ0n) is 11.3. The van der Waals surface area contributed by atoms with Crippen LogP contribution in [-0.2, 0) is 0 Å². The lowest BCUT2D eigenvalue weighted by Crippen LogP contribution is -3.00. The molecule has 4 nitrogen and oxygen atoms in total. The van der Waals surface area contributed by atoms with Crippen molar-refractivity contribution < 1.29 is 12.4 Å². The minimum Gasteiger partial charge on any atom is -1.00 e. The fraction of sp³-hybridized carbons (Fsp3) is 0.0667. The Hall–Kier alpha value is -2.04. The number of aromatic nitrogens is 2. The number of hydrogen-bond acceptors (Lipinski definition) is 4. The Morgan fingerprint density at radius 3 is 2.62 bits per heavy atom. The third-order valence-corrected chi connectivity index (χ3v) is 3.47. The molecular weight excluding hydrogens is 307 g/mol. The van der Waals surface area contributed by atoms with Crippen molar-refractivity contribution in [3.63, 3.8) is 0 Å². The van der Waals surface area contributed by atoms with E-state index in [9.17, 15) is 0 Å². The Morgan fingerprint density at radius 2 is 1.86 bits per heavy atom. The number of nitrogens with one attached hydrogen (secondary N) is 1. The summed E-state index contributed by atoms with van der Waals surface area (Å²) in [7, 11) is 0. The van der Waals surface area contributed by atoms with E-state index in [1.165, 1.54) is 0 Å². The van der Waals surface area contributed by atoms with Crippen LogP contribution in [0.4, 0.5) is 17.5 Å². The predicted molar refractivity (Wildman–Crippen MR) is 83.4 cm³/mol. The Balaban J connectivity index is 0.00000161. The van der Waals surface area contributed by atoms with Gasteiger partial charge in [0.1, 0.15) is 5.82 Å². The van der Waals surface area contributed by atoms with Crippen molar-refractivity contribution >= 4 is 40.0 Å². The quantitative estimate of drug-likeness (QED) is 0.737. The van der Waals surface area contributed by atoms with Gasteiger partial charge >= 0.3 is 0 Å². The molecule has 0 unspecified atom stereocenters. The molecule has 0 saturated heterocycles. The first-order valence-corrected chi connectivity index (χ1v) is 6.57. The van der Waals surface area contributed by atoms with Crippen LogP contribution in [0.25, 0.3) is 10.9 Å². The molecule has 0 amide bonds. The molecular formula is C15H13Cl2N4-. The van der Waals surface area contributed by atoms with Crippen LogP contribution < -0.4 is 23.5 Å². The van der Waals surface area contributed by atoms with Crippen LogP contribution in [0.1, 0.15) is 5.56 Å². The van der Waals surface area contributed by atoms with Crippen molar-refractivity contribution in [1.29, 1.82) is 0 Å². The van der Waals surface area contributed by atoms with Crippen LogP contribution >= 0.6 is 11.6 Å². The molecule has 0 atom stereocenters. The molecule has 1 heterocycles. The second kappa shape index (κ2) is 6.16. The van der Waals surface area contributed by atoms with Crippen molar-refractivity contribution in [1.82, 2.24) is 9.97 Å². The summed E-state index contributed by atoms with van der Waals surface area (Å²) < 4.78 is 0. The Labute approximate surface area is 133 Å². The van der Waals surface area contributed by atoms with Gasteiger partial charge in [-0.1, -0.05) is 29.8 Å². The molecule has 0 aliphatic heterocycles.